The van der Waals surface area contributed by atoms with Crippen LogP contribution >= 0.6 is 24.0 Å². The summed E-state index contributed by atoms with van der Waals surface area (Å²) in [5.41, 5.74) is -2.96. The number of aliphatic imine (C=N–C) groups is 1. The van der Waals surface area contributed by atoms with Crippen LogP contribution in [0.25, 0.3) is 0 Å². The van der Waals surface area contributed by atoms with E-state index in [0.717, 1.165) is 11.1 Å². The molecule has 1 aliphatic heterocycles. The fraction of sp³-hybridized carbons (Fsp3) is 0.588. The summed E-state index contributed by atoms with van der Waals surface area (Å²) >= 11 is 0. The Hall–Kier alpha value is -1.08. The van der Waals surface area contributed by atoms with E-state index < -0.39 is 15.5 Å². The second kappa shape index (κ2) is 10.6. The minimum absolute atomic E-state index is 0. The normalized spacial score (nSPS) is 17.1. The number of nitrogens with zero attached hydrogens (tertiary/aromatic N) is 2. The zero-order chi connectivity index (χ0) is 20.1. The van der Waals surface area contributed by atoms with Gasteiger partial charge in [0.1, 0.15) is 0 Å². The number of rotatable bonds is 5. The van der Waals surface area contributed by atoms with Crippen LogP contribution in [0.4, 0.5) is 13.2 Å². The van der Waals surface area contributed by atoms with Crippen molar-refractivity contribution in [3.05, 3.63) is 35.4 Å². The number of piperidine rings is 1. The topological polar surface area (TPSA) is 73.8 Å². The highest BCUT2D eigenvalue weighted by Gasteiger charge is 2.50. The molecule has 0 unspecified atom stereocenters. The number of halogens is 4. The molecule has 1 heterocycles. The van der Waals surface area contributed by atoms with Gasteiger partial charge in [-0.15, -0.1) is 24.0 Å². The van der Waals surface area contributed by atoms with Crippen molar-refractivity contribution in [3.63, 3.8) is 0 Å². The largest absolute Gasteiger partial charge is 0.511 e. The molecule has 1 aliphatic rings. The highest BCUT2D eigenvalue weighted by atomic mass is 127. The van der Waals surface area contributed by atoms with Crippen LogP contribution in [0, 0.1) is 12.8 Å². The number of nitrogens with one attached hydrogen (secondary N) is 2. The second-order valence-corrected chi connectivity index (χ2v) is 8.52. The number of hydrogen-bond acceptors (Lipinski definition) is 3. The Labute approximate surface area is 181 Å². The Morgan fingerprint density at radius 3 is 2.43 bits per heavy atom. The van der Waals surface area contributed by atoms with Crippen LogP contribution in [-0.4, -0.2) is 50.9 Å². The van der Waals surface area contributed by atoms with E-state index in [9.17, 15) is 21.6 Å². The zero-order valence-electron chi connectivity index (χ0n) is 15.8. The summed E-state index contributed by atoms with van der Waals surface area (Å²) in [7, 11) is -3.58. The second-order valence-electron chi connectivity index (χ2n) is 6.59. The summed E-state index contributed by atoms with van der Waals surface area (Å²) in [6, 6.07) is 8.06. The maximum Gasteiger partial charge on any atom is 0.511 e. The number of guanidine groups is 1. The quantitative estimate of drug-likeness (QED) is 0.347. The lowest BCUT2D eigenvalue weighted by Crippen LogP contribution is -2.47. The van der Waals surface area contributed by atoms with E-state index in [-0.39, 0.29) is 43.0 Å². The maximum absolute atomic E-state index is 12.6. The van der Waals surface area contributed by atoms with Crippen LogP contribution in [0.2, 0.25) is 0 Å². The highest BCUT2D eigenvalue weighted by molar-refractivity contribution is 14.0. The third-order valence-corrected chi connectivity index (χ3v) is 6.16. The molecule has 0 aromatic heterocycles. The molecule has 0 spiro atoms. The fourth-order valence-corrected chi connectivity index (χ4v) is 3.95. The summed E-state index contributed by atoms with van der Waals surface area (Å²) in [6.45, 7) is 2.89. The van der Waals surface area contributed by atoms with Gasteiger partial charge in [0.2, 0.25) is 0 Å². The van der Waals surface area contributed by atoms with Gasteiger partial charge in [0, 0.05) is 33.2 Å². The van der Waals surface area contributed by atoms with Crippen LogP contribution in [0.1, 0.15) is 24.0 Å². The fourth-order valence-electron chi connectivity index (χ4n) is 2.97. The van der Waals surface area contributed by atoms with E-state index in [4.69, 9.17) is 0 Å². The SMILES string of the molecule is CN=C(NCc1cccc(C)c1)NCC1CCN(S(=O)(=O)C(F)(F)F)CC1.I. The number of aryl methyl sites for hydroxylation is 1. The minimum atomic E-state index is -5.24. The number of hydrogen-bond donors (Lipinski definition) is 2. The van der Waals surface area contributed by atoms with Gasteiger partial charge in [-0.25, -0.2) is 8.42 Å². The maximum atomic E-state index is 12.6. The third-order valence-electron chi connectivity index (χ3n) is 4.53. The van der Waals surface area contributed by atoms with Crippen molar-refractivity contribution in [2.75, 3.05) is 26.7 Å². The van der Waals surface area contributed by atoms with Gasteiger partial charge in [-0.3, -0.25) is 4.99 Å². The van der Waals surface area contributed by atoms with Crippen molar-refractivity contribution in [2.45, 2.75) is 31.8 Å². The molecule has 11 heteroatoms. The molecule has 28 heavy (non-hydrogen) atoms. The van der Waals surface area contributed by atoms with Crippen LogP contribution in [0.3, 0.4) is 0 Å². The van der Waals surface area contributed by atoms with Crippen LogP contribution < -0.4 is 10.6 Å². The Balaban J connectivity index is 0.00000392. The molecule has 0 bridgehead atoms. The Kier molecular flexibility index (Phi) is 9.47. The molecule has 1 saturated heterocycles. The monoisotopic (exact) mass is 534 g/mol. The average Bonchev–Trinajstić information content (AvgIpc) is 2.61. The lowest BCUT2D eigenvalue weighted by molar-refractivity contribution is -0.0496. The van der Waals surface area contributed by atoms with Gasteiger partial charge in [-0.2, -0.15) is 17.5 Å². The molecule has 0 radical (unpaired) electrons. The molecular formula is C17H26F3IN4O2S. The molecule has 2 rings (SSSR count). The lowest BCUT2D eigenvalue weighted by Gasteiger charge is -2.31. The van der Waals surface area contributed by atoms with Gasteiger partial charge >= 0.3 is 15.5 Å². The van der Waals surface area contributed by atoms with Gasteiger partial charge in [0.05, 0.1) is 0 Å². The molecule has 1 fully saturated rings. The molecule has 0 saturated carbocycles. The van der Waals surface area contributed by atoms with Crippen LogP contribution in [0.15, 0.2) is 29.3 Å². The first-order valence-electron chi connectivity index (χ1n) is 8.70. The molecule has 160 valence electrons. The Morgan fingerprint density at radius 2 is 1.89 bits per heavy atom. The Bertz CT molecular complexity index is 764. The molecule has 0 aliphatic carbocycles. The van der Waals surface area contributed by atoms with Crippen LogP contribution in [-0.2, 0) is 16.6 Å². The van der Waals surface area contributed by atoms with Gasteiger partial charge < -0.3 is 10.6 Å². The lowest BCUT2D eigenvalue weighted by atomic mass is 9.98. The summed E-state index contributed by atoms with van der Waals surface area (Å²) < 4.78 is 61.2. The van der Waals surface area contributed by atoms with E-state index in [1.807, 2.05) is 25.1 Å². The molecular weight excluding hydrogens is 508 g/mol. The molecule has 0 amide bonds. The average molecular weight is 534 g/mol. The standard InChI is InChI=1S/C17H25F3N4O2S.HI/c1-13-4-3-5-15(10-13)12-23-16(21-2)22-11-14-6-8-24(9-7-14)27(25,26)17(18,19)20;/h3-5,10,14H,6-9,11-12H2,1-2H3,(H2,21,22,23);1H. The van der Waals surface area contributed by atoms with E-state index in [0.29, 0.717) is 36.2 Å². The number of benzene rings is 1. The van der Waals surface area contributed by atoms with Gasteiger partial charge in [-0.05, 0) is 31.2 Å². The first-order valence-corrected chi connectivity index (χ1v) is 10.1. The van der Waals surface area contributed by atoms with Crippen molar-refractivity contribution in [3.8, 4) is 0 Å². The van der Waals surface area contributed by atoms with E-state index >= 15 is 0 Å². The van der Waals surface area contributed by atoms with Crippen molar-refractivity contribution in [1.29, 1.82) is 0 Å². The van der Waals surface area contributed by atoms with Crippen molar-refractivity contribution < 1.29 is 21.6 Å². The van der Waals surface area contributed by atoms with Gasteiger partial charge in [0.15, 0.2) is 5.96 Å². The first kappa shape index (κ1) is 25.0. The summed E-state index contributed by atoms with van der Waals surface area (Å²) in [4.78, 5) is 4.14. The molecule has 1 aromatic carbocycles. The Morgan fingerprint density at radius 1 is 1.25 bits per heavy atom. The van der Waals surface area contributed by atoms with Crippen LogP contribution in [0.5, 0.6) is 0 Å². The smallest absolute Gasteiger partial charge is 0.356 e. The number of alkyl halides is 3. The van der Waals surface area contributed by atoms with Gasteiger partial charge in [-0.1, -0.05) is 29.8 Å². The predicted octanol–water partition coefficient (Wildman–Crippen LogP) is 2.84. The highest BCUT2D eigenvalue weighted by Crippen LogP contribution is 2.30. The van der Waals surface area contributed by atoms with Crippen molar-refractivity contribution in [2.24, 2.45) is 10.9 Å². The molecule has 1 aromatic rings. The summed E-state index contributed by atoms with van der Waals surface area (Å²) in [5.74, 6) is 0.684. The molecule has 6 nitrogen and oxygen atoms in total. The summed E-state index contributed by atoms with van der Waals surface area (Å²) in [6.07, 6.45) is 0.744. The third kappa shape index (κ3) is 6.76. The van der Waals surface area contributed by atoms with Crippen molar-refractivity contribution >= 4 is 40.0 Å². The molecule has 2 N–H and O–H groups in total. The first-order chi connectivity index (χ1) is 12.6. The van der Waals surface area contributed by atoms with E-state index in [2.05, 4.69) is 21.7 Å². The minimum Gasteiger partial charge on any atom is -0.356 e. The van der Waals surface area contributed by atoms with Gasteiger partial charge in [0.25, 0.3) is 0 Å². The zero-order valence-corrected chi connectivity index (χ0v) is 18.9. The predicted molar refractivity (Wildman–Crippen MR) is 114 cm³/mol. The number of sulfonamides is 1. The summed E-state index contributed by atoms with van der Waals surface area (Å²) in [5, 5.41) is 6.35. The van der Waals surface area contributed by atoms with E-state index in [1.54, 1.807) is 7.05 Å². The van der Waals surface area contributed by atoms with Crippen molar-refractivity contribution in [1.82, 2.24) is 14.9 Å². The van der Waals surface area contributed by atoms with E-state index in [1.165, 1.54) is 0 Å². The molecule has 0 atom stereocenters.